The number of fused-ring (bicyclic) bond motifs is 5. The van der Waals surface area contributed by atoms with E-state index >= 15 is 0 Å². The van der Waals surface area contributed by atoms with Crippen molar-refractivity contribution in [2.75, 3.05) is 0 Å². The van der Waals surface area contributed by atoms with Crippen LogP contribution in [0.5, 0.6) is 0 Å². The van der Waals surface area contributed by atoms with Crippen LogP contribution in [-0.2, 0) is 12.8 Å². The largest absolute Gasteiger partial charge is 0.0620 e. The minimum Gasteiger partial charge on any atom is -0.0620 e. The first kappa shape index (κ1) is 10.8. The predicted molar refractivity (Wildman–Crippen MR) is 81.5 cm³/mol. The van der Waals surface area contributed by atoms with Crippen LogP contribution in [0.4, 0.5) is 0 Å². The molecule has 3 aromatic carbocycles. The molecule has 0 nitrogen and oxygen atoms in total. The average molecular weight is 244 g/mol. The zero-order chi connectivity index (χ0) is 12.8. The minimum atomic E-state index is 1.16. The first-order valence-electron chi connectivity index (χ1n) is 6.94. The van der Waals surface area contributed by atoms with E-state index in [0.717, 1.165) is 12.8 Å². The van der Waals surface area contributed by atoms with Gasteiger partial charge in [0.2, 0.25) is 0 Å². The predicted octanol–water partition coefficient (Wildman–Crippen LogP) is 4.91. The Morgan fingerprint density at radius 1 is 0.684 bits per heavy atom. The highest BCUT2D eigenvalue weighted by atomic mass is 14.2. The Labute approximate surface area is 113 Å². The summed E-state index contributed by atoms with van der Waals surface area (Å²) in [4.78, 5) is 0. The molecule has 0 aromatic heterocycles. The maximum Gasteiger partial charge on any atom is -0.0143 e. The summed E-state index contributed by atoms with van der Waals surface area (Å²) in [5, 5.41) is 2.84. The van der Waals surface area contributed by atoms with Crippen molar-refractivity contribution in [3.05, 3.63) is 71.3 Å². The molecule has 1 aliphatic carbocycles. The van der Waals surface area contributed by atoms with Gasteiger partial charge in [-0.1, -0.05) is 54.6 Å². The Hall–Kier alpha value is -2.08. The lowest BCUT2D eigenvalue weighted by atomic mass is 9.82. The van der Waals surface area contributed by atoms with Gasteiger partial charge in [0.1, 0.15) is 0 Å². The molecule has 1 aliphatic rings. The molecule has 0 aliphatic heterocycles. The van der Waals surface area contributed by atoms with Crippen LogP contribution >= 0.6 is 0 Å². The second-order valence-electron chi connectivity index (χ2n) is 5.42. The number of hydrogen-bond acceptors (Lipinski definition) is 0. The summed E-state index contributed by atoms with van der Waals surface area (Å²) >= 11 is 0. The van der Waals surface area contributed by atoms with Crippen molar-refractivity contribution in [2.45, 2.75) is 19.8 Å². The van der Waals surface area contributed by atoms with Crippen LogP contribution in [0.2, 0.25) is 0 Å². The molecule has 19 heavy (non-hydrogen) atoms. The Kier molecular flexibility index (Phi) is 2.25. The van der Waals surface area contributed by atoms with Crippen molar-refractivity contribution in [2.24, 2.45) is 0 Å². The highest BCUT2D eigenvalue weighted by Gasteiger charge is 2.17. The van der Waals surface area contributed by atoms with Crippen molar-refractivity contribution in [3.8, 4) is 11.1 Å². The Morgan fingerprint density at radius 2 is 1.58 bits per heavy atom. The fraction of sp³-hybridized carbons (Fsp3) is 0.158. The third kappa shape index (κ3) is 1.53. The topological polar surface area (TPSA) is 0 Å². The van der Waals surface area contributed by atoms with Gasteiger partial charge < -0.3 is 0 Å². The second kappa shape index (κ2) is 3.96. The van der Waals surface area contributed by atoms with E-state index in [-0.39, 0.29) is 0 Å². The third-order valence-electron chi connectivity index (χ3n) is 4.34. The lowest BCUT2D eigenvalue weighted by molar-refractivity contribution is 0.951. The molecule has 0 atom stereocenters. The van der Waals surface area contributed by atoms with Crippen molar-refractivity contribution < 1.29 is 0 Å². The summed E-state index contributed by atoms with van der Waals surface area (Å²) in [6.45, 7) is 2.20. The molecule has 0 heterocycles. The molecule has 0 bridgehead atoms. The maximum atomic E-state index is 2.31. The molecule has 0 fully saturated rings. The highest BCUT2D eigenvalue weighted by Crippen LogP contribution is 2.37. The number of rotatable bonds is 0. The number of aryl methyl sites for hydroxylation is 3. The van der Waals surface area contributed by atoms with Crippen LogP contribution < -0.4 is 0 Å². The Morgan fingerprint density at radius 3 is 2.53 bits per heavy atom. The number of hydrogen-bond donors (Lipinski definition) is 0. The summed E-state index contributed by atoms with van der Waals surface area (Å²) in [6.07, 6.45) is 2.32. The van der Waals surface area contributed by atoms with E-state index in [0.29, 0.717) is 0 Å². The van der Waals surface area contributed by atoms with Crippen LogP contribution in [0, 0.1) is 6.92 Å². The number of benzene rings is 3. The van der Waals surface area contributed by atoms with Crippen molar-refractivity contribution in [3.63, 3.8) is 0 Å². The van der Waals surface area contributed by atoms with Gasteiger partial charge in [-0.05, 0) is 58.4 Å². The van der Waals surface area contributed by atoms with E-state index in [4.69, 9.17) is 0 Å². The van der Waals surface area contributed by atoms with Crippen LogP contribution in [0.15, 0.2) is 54.6 Å². The monoisotopic (exact) mass is 244 g/mol. The van der Waals surface area contributed by atoms with E-state index in [1.54, 1.807) is 0 Å². The lowest BCUT2D eigenvalue weighted by Crippen LogP contribution is -2.04. The molecule has 0 saturated carbocycles. The van der Waals surface area contributed by atoms with Gasteiger partial charge in [0.05, 0.1) is 0 Å². The van der Waals surface area contributed by atoms with Crippen LogP contribution in [-0.4, -0.2) is 0 Å². The standard InChI is InChI=1S/C19H16/c1-13-5-4-8-17-15(13)11-12-18-16-7-3-2-6-14(16)9-10-19(17)18/h2-8,11-12H,9-10H2,1H3. The van der Waals surface area contributed by atoms with Gasteiger partial charge in [0.25, 0.3) is 0 Å². The second-order valence-corrected chi connectivity index (χ2v) is 5.42. The Balaban J connectivity index is 2.09. The zero-order valence-electron chi connectivity index (χ0n) is 11.1. The molecule has 3 aromatic rings. The highest BCUT2D eigenvalue weighted by molar-refractivity contribution is 5.94. The molecule has 4 rings (SSSR count). The van der Waals surface area contributed by atoms with E-state index in [9.17, 15) is 0 Å². The molecular formula is C19H16. The van der Waals surface area contributed by atoms with Crippen molar-refractivity contribution in [1.29, 1.82) is 0 Å². The van der Waals surface area contributed by atoms with Gasteiger partial charge in [-0.25, -0.2) is 0 Å². The van der Waals surface area contributed by atoms with Gasteiger partial charge >= 0.3 is 0 Å². The van der Waals surface area contributed by atoms with E-state index in [2.05, 4.69) is 61.5 Å². The van der Waals surface area contributed by atoms with E-state index in [1.807, 2.05) is 0 Å². The van der Waals surface area contributed by atoms with Crippen LogP contribution in [0.3, 0.4) is 0 Å². The molecule has 0 heteroatoms. The van der Waals surface area contributed by atoms with Gasteiger partial charge in [-0.15, -0.1) is 0 Å². The summed E-state index contributed by atoms with van der Waals surface area (Å²) in [5.41, 5.74) is 7.24. The zero-order valence-corrected chi connectivity index (χ0v) is 11.1. The molecule has 0 unspecified atom stereocenters. The summed E-state index contributed by atoms with van der Waals surface area (Å²) < 4.78 is 0. The smallest absolute Gasteiger partial charge is 0.0143 e. The van der Waals surface area contributed by atoms with Gasteiger partial charge in [-0.2, -0.15) is 0 Å². The SMILES string of the molecule is Cc1cccc2c3c(ccc12)-c1ccccc1CC3. The quantitative estimate of drug-likeness (QED) is 0.527. The molecule has 0 radical (unpaired) electrons. The summed E-state index contributed by atoms with van der Waals surface area (Å²) in [5.74, 6) is 0. The summed E-state index contributed by atoms with van der Waals surface area (Å²) in [6, 6.07) is 20.1. The van der Waals surface area contributed by atoms with Gasteiger partial charge in [-0.3, -0.25) is 0 Å². The fourth-order valence-corrected chi connectivity index (χ4v) is 3.36. The fourth-order valence-electron chi connectivity index (χ4n) is 3.36. The van der Waals surface area contributed by atoms with E-state index < -0.39 is 0 Å². The molecule has 92 valence electrons. The molecule has 0 amide bonds. The first-order chi connectivity index (χ1) is 9.34. The van der Waals surface area contributed by atoms with Crippen LogP contribution in [0.25, 0.3) is 21.9 Å². The first-order valence-corrected chi connectivity index (χ1v) is 6.94. The third-order valence-corrected chi connectivity index (χ3v) is 4.34. The molecule has 0 spiro atoms. The van der Waals surface area contributed by atoms with E-state index in [1.165, 1.54) is 38.6 Å². The minimum absolute atomic E-state index is 1.16. The lowest BCUT2D eigenvalue weighted by Gasteiger charge is -2.22. The average Bonchev–Trinajstić information content (AvgIpc) is 2.47. The van der Waals surface area contributed by atoms with Crippen LogP contribution in [0.1, 0.15) is 16.7 Å². The molecular weight excluding hydrogens is 228 g/mol. The van der Waals surface area contributed by atoms with Crippen molar-refractivity contribution in [1.82, 2.24) is 0 Å². The van der Waals surface area contributed by atoms with Gasteiger partial charge in [0.15, 0.2) is 0 Å². The van der Waals surface area contributed by atoms with Gasteiger partial charge in [0, 0.05) is 0 Å². The molecule has 0 saturated heterocycles. The van der Waals surface area contributed by atoms with Crippen molar-refractivity contribution >= 4 is 10.8 Å². The normalized spacial score (nSPS) is 13.1. The molecule has 0 N–H and O–H groups in total. The Bertz CT molecular complexity index is 781. The maximum absolute atomic E-state index is 2.31. The summed E-state index contributed by atoms with van der Waals surface area (Å²) in [7, 11) is 0.